The molecule has 0 radical (unpaired) electrons. The van der Waals surface area contributed by atoms with Gasteiger partial charge in [-0.1, -0.05) is 64.2 Å². The summed E-state index contributed by atoms with van der Waals surface area (Å²) in [6.07, 6.45) is 18.6. The second-order valence-electron chi connectivity index (χ2n) is 9.18. The van der Waals surface area contributed by atoms with Crippen molar-refractivity contribution in [2.24, 2.45) is 0 Å². The molecule has 10 heteroatoms. The van der Waals surface area contributed by atoms with Crippen LogP contribution >= 0.6 is 0 Å². The van der Waals surface area contributed by atoms with Crippen LogP contribution < -0.4 is 15.4 Å². The molecule has 2 aliphatic carbocycles. The van der Waals surface area contributed by atoms with Crippen molar-refractivity contribution >= 4 is 15.7 Å². The highest BCUT2D eigenvalue weighted by molar-refractivity contribution is 7.89. The van der Waals surface area contributed by atoms with Crippen LogP contribution in [0.15, 0.2) is 35.4 Å². The van der Waals surface area contributed by atoms with E-state index in [9.17, 15) is 18.5 Å². The van der Waals surface area contributed by atoms with Gasteiger partial charge < -0.3 is 10.6 Å². The normalized spacial score (nSPS) is 20.1. The van der Waals surface area contributed by atoms with E-state index < -0.39 is 14.9 Å². The summed E-state index contributed by atoms with van der Waals surface area (Å²) in [5, 5.41) is 17.7. The van der Waals surface area contributed by atoms with Crippen molar-refractivity contribution in [3.05, 3.63) is 40.6 Å². The lowest BCUT2D eigenvalue weighted by Crippen LogP contribution is -2.38. The topological polar surface area (TPSA) is 126 Å². The molecular weight excluding hydrogens is 442 g/mol. The Balaban J connectivity index is 1.76. The van der Waals surface area contributed by atoms with Crippen LogP contribution in [0.2, 0.25) is 0 Å². The van der Waals surface area contributed by atoms with Gasteiger partial charge in [0.2, 0.25) is 0 Å². The quantitative estimate of drug-likeness (QED) is 0.365. The molecule has 184 valence electrons. The fourth-order valence-electron chi connectivity index (χ4n) is 4.75. The molecule has 3 rings (SSSR count). The smallest absolute Gasteiger partial charge is 0.275 e. The Labute approximate surface area is 197 Å². The molecule has 2 saturated carbocycles. The van der Waals surface area contributed by atoms with Crippen LogP contribution in [0.1, 0.15) is 89.9 Å². The summed E-state index contributed by atoms with van der Waals surface area (Å²) >= 11 is 0. The van der Waals surface area contributed by atoms with Crippen molar-refractivity contribution in [1.29, 1.82) is 0 Å². The van der Waals surface area contributed by atoms with Gasteiger partial charge in [-0.25, -0.2) is 8.42 Å². The van der Waals surface area contributed by atoms with Crippen molar-refractivity contribution in [3.63, 3.8) is 0 Å². The maximum Gasteiger partial charge on any atom is 0.275 e. The van der Waals surface area contributed by atoms with Gasteiger partial charge in [0, 0.05) is 24.5 Å². The molecule has 0 amide bonds. The summed E-state index contributed by atoms with van der Waals surface area (Å²) in [6.45, 7) is 0. The van der Waals surface area contributed by atoms with Crippen molar-refractivity contribution in [3.8, 4) is 0 Å². The third-order valence-corrected chi connectivity index (χ3v) is 7.88. The lowest BCUT2D eigenvalue weighted by atomic mass is 9.96. The van der Waals surface area contributed by atoms with Gasteiger partial charge >= 0.3 is 0 Å². The van der Waals surface area contributed by atoms with Crippen LogP contribution in [0.4, 0.5) is 5.69 Å². The SMILES string of the molecule is O=[N+]([O-])/C=C(\NC1CCCCCCC1)NS(=O)(=O)c1cnccc1NC1CCCCCCC1. The predicted molar refractivity (Wildman–Crippen MR) is 129 cm³/mol. The number of sulfonamides is 1. The lowest BCUT2D eigenvalue weighted by Gasteiger charge is -2.25. The molecule has 3 N–H and O–H groups in total. The van der Waals surface area contributed by atoms with E-state index in [-0.39, 0.29) is 22.8 Å². The highest BCUT2D eigenvalue weighted by Gasteiger charge is 2.24. The zero-order chi connectivity index (χ0) is 23.5. The zero-order valence-corrected chi connectivity index (χ0v) is 20.1. The Bertz CT molecular complexity index is 890. The number of pyridine rings is 1. The minimum Gasteiger partial charge on any atom is -0.381 e. The second-order valence-corrected chi connectivity index (χ2v) is 10.8. The van der Waals surface area contributed by atoms with E-state index in [4.69, 9.17) is 0 Å². The molecule has 0 aromatic carbocycles. The highest BCUT2D eigenvalue weighted by Crippen LogP contribution is 2.25. The number of hydrogen-bond acceptors (Lipinski definition) is 7. The van der Waals surface area contributed by atoms with Crippen LogP contribution in [0.3, 0.4) is 0 Å². The molecule has 9 nitrogen and oxygen atoms in total. The first-order valence-corrected chi connectivity index (χ1v) is 13.8. The number of nitro groups is 1. The van der Waals surface area contributed by atoms with Crippen LogP contribution in [0.25, 0.3) is 0 Å². The van der Waals surface area contributed by atoms with E-state index >= 15 is 0 Å². The lowest BCUT2D eigenvalue weighted by molar-refractivity contribution is -0.404. The number of anilines is 1. The van der Waals surface area contributed by atoms with E-state index in [0.717, 1.165) is 64.2 Å². The predicted octanol–water partition coefficient (Wildman–Crippen LogP) is 4.66. The van der Waals surface area contributed by atoms with Gasteiger partial charge in [-0.3, -0.25) is 19.8 Å². The molecule has 1 aromatic heterocycles. The maximum atomic E-state index is 13.3. The largest absolute Gasteiger partial charge is 0.381 e. The highest BCUT2D eigenvalue weighted by atomic mass is 32.2. The van der Waals surface area contributed by atoms with Crippen LogP contribution in [-0.2, 0) is 10.0 Å². The van der Waals surface area contributed by atoms with Crippen molar-refractivity contribution in [2.45, 2.75) is 107 Å². The van der Waals surface area contributed by atoms with E-state index in [1.165, 1.54) is 31.9 Å². The van der Waals surface area contributed by atoms with Crippen molar-refractivity contribution in [2.75, 3.05) is 5.32 Å². The van der Waals surface area contributed by atoms with E-state index in [2.05, 4.69) is 20.3 Å². The fourth-order valence-corrected chi connectivity index (χ4v) is 5.88. The van der Waals surface area contributed by atoms with Crippen LogP contribution in [0.5, 0.6) is 0 Å². The van der Waals surface area contributed by atoms with Gasteiger partial charge in [0.1, 0.15) is 4.90 Å². The number of nitrogens with one attached hydrogen (secondary N) is 3. The number of nitrogens with zero attached hydrogens (tertiary/aromatic N) is 2. The monoisotopic (exact) mass is 479 g/mol. The molecule has 1 aromatic rings. The first kappa shape index (κ1) is 25.3. The van der Waals surface area contributed by atoms with E-state index in [1.807, 2.05) is 0 Å². The van der Waals surface area contributed by atoms with Crippen molar-refractivity contribution in [1.82, 2.24) is 15.0 Å². The van der Waals surface area contributed by atoms with Gasteiger partial charge in [-0.15, -0.1) is 0 Å². The Kier molecular flexibility index (Phi) is 9.77. The number of hydrogen-bond donors (Lipinski definition) is 3. The molecular formula is C23H37N5O4S. The zero-order valence-electron chi connectivity index (χ0n) is 19.3. The molecule has 0 saturated heterocycles. The number of aromatic nitrogens is 1. The third kappa shape index (κ3) is 8.49. The molecule has 1 heterocycles. The van der Waals surface area contributed by atoms with E-state index in [1.54, 1.807) is 12.3 Å². The summed E-state index contributed by atoms with van der Waals surface area (Å²) < 4.78 is 29.0. The van der Waals surface area contributed by atoms with Crippen LogP contribution in [-0.4, -0.2) is 30.4 Å². The molecule has 0 aliphatic heterocycles. The standard InChI is InChI=1S/C23H37N5O4S/c29-28(30)18-23(26-20-13-9-5-2-6-10-14-20)27-33(31,32)22-17-24-16-15-21(22)25-19-11-7-3-1-4-8-12-19/h15-20,26-27H,1-14H2,(H,24,25)/b23-18+. The third-order valence-electron chi connectivity index (χ3n) is 6.48. The second kappa shape index (κ2) is 12.8. The summed E-state index contributed by atoms with van der Waals surface area (Å²) in [5.74, 6) is -0.105. The van der Waals surface area contributed by atoms with Crippen LogP contribution in [0, 0.1) is 10.1 Å². The van der Waals surface area contributed by atoms with Gasteiger partial charge in [0.15, 0.2) is 5.82 Å². The molecule has 2 aliphatic rings. The summed E-state index contributed by atoms with van der Waals surface area (Å²) in [4.78, 5) is 14.6. The van der Waals surface area contributed by atoms with Crippen molar-refractivity contribution < 1.29 is 13.3 Å². The molecule has 0 bridgehead atoms. The summed E-state index contributed by atoms with van der Waals surface area (Å²) in [5.41, 5.74) is 0.481. The molecule has 33 heavy (non-hydrogen) atoms. The Morgan fingerprint density at radius 2 is 1.48 bits per heavy atom. The van der Waals surface area contributed by atoms with Gasteiger partial charge in [-0.2, -0.15) is 0 Å². The van der Waals surface area contributed by atoms with Gasteiger partial charge in [0.05, 0.1) is 10.6 Å². The minimum atomic E-state index is -4.08. The summed E-state index contributed by atoms with van der Waals surface area (Å²) in [7, 11) is -4.08. The average molecular weight is 480 g/mol. The van der Waals surface area contributed by atoms with Gasteiger partial charge in [-0.05, 0) is 31.7 Å². The Morgan fingerprint density at radius 3 is 2.06 bits per heavy atom. The van der Waals surface area contributed by atoms with Gasteiger partial charge in [0.25, 0.3) is 16.2 Å². The minimum absolute atomic E-state index is 0.000572. The summed E-state index contributed by atoms with van der Waals surface area (Å²) in [6, 6.07) is 1.86. The first-order chi connectivity index (χ1) is 15.9. The fraction of sp³-hybridized carbons (Fsp3) is 0.696. The average Bonchev–Trinajstić information content (AvgIpc) is 2.71. The molecule has 0 unspecified atom stereocenters. The van der Waals surface area contributed by atoms with E-state index in [0.29, 0.717) is 11.9 Å². The first-order valence-electron chi connectivity index (χ1n) is 12.3. The molecule has 0 spiro atoms. The maximum absolute atomic E-state index is 13.3. The Hall–Kier alpha value is -2.36. The molecule has 0 atom stereocenters. The Morgan fingerprint density at radius 1 is 0.939 bits per heavy atom. The molecule has 2 fully saturated rings. The number of rotatable bonds is 8.